The van der Waals surface area contributed by atoms with Gasteiger partial charge in [0.1, 0.15) is 0 Å². The van der Waals surface area contributed by atoms with Crippen LogP contribution in [0.5, 0.6) is 0 Å². The number of hydrogen-bond donors (Lipinski definition) is 0. The van der Waals surface area contributed by atoms with E-state index < -0.39 is 0 Å². The molecule has 3 heteroatoms. The number of carbonyl (C=O) groups excluding carboxylic acids is 1. The molecular weight excluding hydrogens is 248 g/mol. The van der Waals surface area contributed by atoms with Crippen molar-refractivity contribution in [3.63, 3.8) is 0 Å². The largest absolute Gasteiger partial charge is 0.368 e. The van der Waals surface area contributed by atoms with Gasteiger partial charge in [-0.15, -0.1) is 0 Å². The maximum Gasteiger partial charge on any atom is 0.223 e. The molecule has 1 atom stereocenters. The summed E-state index contributed by atoms with van der Waals surface area (Å²) in [5.41, 5.74) is 2.86. The quantitative estimate of drug-likeness (QED) is 0.785. The van der Waals surface area contributed by atoms with Crippen LogP contribution in [0.15, 0.2) is 24.3 Å². The third-order valence-corrected chi connectivity index (χ3v) is 4.59. The Hall–Kier alpha value is -1.51. The highest BCUT2D eigenvalue weighted by molar-refractivity contribution is 5.79. The van der Waals surface area contributed by atoms with E-state index in [9.17, 15) is 4.79 Å². The standard InChI is InChI=1S/C17H24N2O/c1-17(2,3)13-4-6-14(7-5-13)18-10-11-19-15(12-18)8-9-16(19)20/h4-7,15H,8-12H2,1-3H3/t15-/m0/s1. The molecule has 2 fully saturated rings. The van der Waals surface area contributed by atoms with Gasteiger partial charge >= 0.3 is 0 Å². The molecule has 2 saturated heterocycles. The van der Waals surface area contributed by atoms with Crippen LogP contribution in [0.25, 0.3) is 0 Å². The van der Waals surface area contributed by atoms with Gasteiger partial charge in [-0.2, -0.15) is 0 Å². The molecule has 2 aliphatic rings. The van der Waals surface area contributed by atoms with Crippen LogP contribution < -0.4 is 4.90 Å². The highest BCUT2D eigenvalue weighted by Crippen LogP contribution is 2.28. The van der Waals surface area contributed by atoms with Crippen molar-refractivity contribution < 1.29 is 4.79 Å². The van der Waals surface area contributed by atoms with Crippen LogP contribution in [0.2, 0.25) is 0 Å². The molecule has 0 unspecified atom stereocenters. The van der Waals surface area contributed by atoms with Gasteiger partial charge in [0.05, 0.1) is 0 Å². The first-order chi connectivity index (χ1) is 9.45. The minimum atomic E-state index is 0.203. The van der Waals surface area contributed by atoms with E-state index in [1.807, 2.05) is 0 Å². The first-order valence-corrected chi connectivity index (χ1v) is 7.60. The second-order valence-electron chi connectivity index (χ2n) is 7.02. The van der Waals surface area contributed by atoms with Crippen molar-refractivity contribution >= 4 is 11.6 Å². The highest BCUT2D eigenvalue weighted by Gasteiger charge is 2.35. The molecule has 1 aromatic carbocycles. The van der Waals surface area contributed by atoms with Crippen LogP contribution in [0.4, 0.5) is 5.69 Å². The van der Waals surface area contributed by atoms with E-state index in [2.05, 4.69) is 54.8 Å². The Morgan fingerprint density at radius 2 is 1.80 bits per heavy atom. The molecule has 3 rings (SSSR count). The Morgan fingerprint density at radius 3 is 2.45 bits per heavy atom. The highest BCUT2D eigenvalue weighted by atomic mass is 16.2. The topological polar surface area (TPSA) is 23.6 Å². The molecule has 0 radical (unpaired) electrons. The predicted molar refractivity (Wildman–Crippen MR) is 82.1 cm³/mol. The fourth-order valence-electron chi connectivity index (χ4n) is 3.27. The van der Waals surface area contributed by atoms with Crippen molar-refractivity contribution in [3.8, 4) is 0 Å². The van der Waals surface area contributed by atoms with Crippen LogP contribution in [0.3, 0.4) is 0 Å². The fraction of sp³-hybridized carbons (Fsp3) is 0.588. The first kappa shape index (κ1) is 13.5. The molecule has 1 aromatic rings. The number of amides is 1. The van der Waals surface area contributed by atoms with Gasteiger partial charge in [-0.1, -0.05) is 32.9 Å². The number of anilines is 1. The fourth-order valence-corrected chi connectivity index (χ4v) is 3.27. The Morgan fingerprint density at radius 1 is 1.10 bits per heavy atom. The third-order valence-electron chi connectivity index (χ3n) is 4.59. The summed E-state index contributed by atoms with van der Waals surface area (Å²) in [7, 11) is 0. The van der Waals surface area contributed by atoms with Gasteiger partial charge in [0, 0.05) is 37.8 Å². The SMILES string of the molecule is CC(C)(C)c1ccc(N2CCN3C(=O)CC[C@H]3C2)cc1. The molecule has 2 heterocycles. The normalized spacial score (nSPS) is 23.1. The molecule has 0 aromatic heterocycles. The van der Waals surface area contributed by atoms with E-state index in [0.29, 0.717) is 11.9 Å². The Bertz CT molecular complexity index is 501. The molecule has 20 heavy (non-hydrogen) atoms. The molecule has 2 aliphatic heterocycles. The van der Waals surface area contributed by atoms with Gasteiger partial charge < -0.3 is 9.80 Å². The average Bonchev–Trinajstić information content (AvgIpc) is 2.79. The lowest BCUT2D eigenvalue weighted by Crippen LogP contribution is -2.51. The van der Waals surface area contributed by atoms with Gasteiger partial charge in [-0.05, 0) is 29.5 Å². The lowest BCUT2D eigenvalue weighted by molar-refractivity contribution is -0.129. The van der Waals surface area contributed by atoms with Gasteiger partial charge in [0.25, 0.3) is 0 Å². The number of carbonyl (C=O) groups is 1. The van der Waals surface area contributed by atoms with Crippen molar-refractivity contribution in [2.45, 2.75) is 45.1 Å². The molecule has 0 N–H and O–H groups in total. The molecule has 3 nitrogen and oxygen atoms in total. The monoisotopic (exact) mass is 272 g/mol. The summed E-state index contributed by atoms with van der Waals surface area (Å²) in [4.78, 5) is 16.2. The Kier molecular flexibility index (Phi) is 3.23. The number of rotatable bonds is 1. The van der Waals surface area contributed by atoms with Gasteiger partial charge in [0.2, 0.25) is 5.91 Å². The first-order valence-electron chi connectivity index (χ1n) is 7.60. The molecule has 108 valence electrons. The zero-order valence-corrected chi connectivity index (χ0v) is 12.7. The molecule has 0 bridgehead atoms. The molecule has 0 aliphatic carbocycles. The number of piperazine rings is 1. The molecular formula is C17H24N2O. The zero-order chi connectivity index (χ0) is 14.3. The summed E-state index contributed by atoms with van der Waals surface area (Å²) in [6.07, 6.45) is 1.76. The summed E-state index contributed by atoms with van der Waals surface area (Å²) in [6, 6.07) is 9.36. The van der Waals surface area contributed by atoms with Gasteiger partial charge in [0.15, 0.2) is 0 Å². The van der Waals surface area contributed by atoms with Crippen molar-refractivity contribution in [2.24, 2.45) is 0 Å². The zero-order valence-electron chi connectivity index (χ0n) is 12.7. The minimum Gasteiger partial charge on any atom is -0.368 e. The van der Waals surface area contributed by atoms with Crippen molar-refractivity contribution in [1.29, 1.82) is 0 Å². The second kappa shape index (κ2) is 4.80. The lowest BCUT2D eigenvalue weighted by Gasteiger charge is -2.39. The van der Waals surface area contributed by atoms with E-state index in [0.717, 1.165) is 32.5 Å². The summed E-state index contributed by atoms with van der Waals surface area (Å²) in [5.74, 6) is 0.345. The average molecular weight is 272 g/mol. The molecule has 1 amide bonds. The second-order valence-corrected chi connectivity index (χ2v) is 7.02. The van der Waals surface area contributed by atoms with E-state index in [-0.39, 0.29) is 5.41 Å². The summed E-state index contributed by atoms with van der Waals surface area (Å²) in [5, 5.41) is 0. The smallest absolute Gasteiger partial charge is 0.223 e. The maximum atomic E-state index is 11.7. The number of fused-ring (bicyclic) bond motifs is 1. The lowest BCUT2D eigenvalue weighted by atomic mass is 9.87. The number of benzene rings is 1. The number of nitrogens with zero attached hydrogens (tertiary/aromatic N) is 2. The predicted octanol–water partition coefficient (Wildman–Crippen LogP) is 2.80. The number of hydrogen-bond acceptors (Lipinski definition) is 2. The summed E-state index contributed by atoms with van der Waals surface area (Å²) >= 11 is 0. The van der Waals surface area contributed by atoms with Gasteiger partial charge in [-0.3, -0.25) is 4.79 Å². The third kappa shape index (κ3) is 2.41. The van der Waals surface area contributed by atoms with E-state index in [4.69, 9.17) is 0 Å². The van der Waals surface area contributed by atoms with Crippen LogP contribution >= 0.6 is 0 Å². The Labute approximate surface area is 121 Å². The van der Waals surface area contributed by atoms with E-state index >= 15 is 0 Å². The van der Waals surface area contributed by atoms with Crippen LogP contribution in [-0.2, 0) is 10.2 Å². The Balaban J connectivity index is 1.73. The summed E-state index contributed by atoms with van der Waals surface area (Å²) < 4.78 is 0. The van der Waals surface area contributed by atoms with Crippen LogP contribution in [-0.4, -0.2) is 36.5 Å². The summed E-state index contributed by atoms with van der Waals surface area (Å²) in [6.45, 7) is 9.54. The van der Waals surface area contributed by atoms with Crippen molar-refractivity contribution in [1.82, 2.24) is 4.90 Å². The molecule has 0 spiro atoms. The maximum absolute atomic E-state index is 11.7. The van der Waals surface area contributed by atoms with Crippen molar-refractivity contribution in [3.05, 3.63) is 29.8 Å². The molecule has 0 saturated carbocycles. The van der Waals surface area contributed by atoms with Crippen LogP contribution in [0.1, 0.15) is 39.2 Å². The minimum absolute atomic E-state index is 0.203. The van der Waals surface area contributed by atoms with E-state index in [1.165, 1.54) is 11.3 Å². The van der Waals surface area contributed by atoms with Crippen LogP contribution in [0, 0.1) is 0 Å². The van der Waals surface area contributed by atoms with E-state index in [1.54, 1.807) is 0 Å². The van der Waals surface area contributed by atoms with Gasteiger partial charge in [-0.25, -0.2) is 0 Å². The van der Waals surface area contributed by atoms with Crippen molar-refractivity contribution in [2.75, 3.05) is 24.5 Å².